The topological polar surface area (TPSA) is 58.2 Å². The summed E-state index contributed by atoms with van der Waals surface area (Å²) >= 11 is 0. The van der Waals surface area contributed by atoms with Gasteiger partial charge < -0.3 is 10.6 Å². The molecule has 0 aromatic heterocycles. The van der Waals surface area contributed by atoms with Crippen LogP contribution in [0.4, 0.5) is 24.5 Å². The normalized spacial score (nSPS) is 11.0. The Kier molecular flexibility index (Phi) is 4.68. The quantitative estimate of drug-likeness (QED) is 0.840. The molecule has 0 unspecified atom stereocenters. The van der Waals surface area contributed by atoms with Gasteiger partial charge in [-0.25, -0.2) is 0 Å². The Labute approximate surface area is 130 Å². The van der Waals surface area contributed by atoms with Gasteiger partial charge in [0.15, 0.2) is 0 Å². The number of carbonyl (C=O) groups excluding carboxylic acids is 2. The van der Waals surface area contributed by atoms with E-state index in [-0.39, 0.29) is 5.56 Å². The number of aryl methyl sites for hydroxylation is 1. The first-order chi connectivity index (χ1) is 10.8. The summed E-state index contributed by atoms with van der Waals surface area (Å²) in [5, 5.41) is 4.98. The number of amides is 2. The van der Waals surface area contributed by atoms with Crippen LogP contribution in [0.1, 0.15) is 21.5 Å². The van der Waals surface area contributed by atoms with Gasteiger partial charge in [-0.3, -0.25) is 9.59 Å². The van der Waals surface area contributed by atoms with Crippen LogP contribution in [0.15, 0.2) is 42.5 Å². The summed E-state index contributed by atoms with van der Waals surface area (Å²) in [7, 11) is 0. The standard InChI is InChI=1S/C16H13F3N2O2/c1-10-5-6-13(8-14(10)20-9-22)21-15(23)11-3-2-4-12(7-11)16(17,18)19/h2-9H,1H3,(H,20,22)(H,21,23). The SMILES string of the molecule is Cc1ccc(NC(=O)c2cccc(C(F)(F)F)c2)cc1NC=O. The molecule has 0 saturated heterocycles. The van der Waals surface area contributed by atoms with Gasteiger partial charge in [-0.15, -0.1) is 0 Å². The second-order valence-corrected chi connectivity index (χ2v) is 4.82. The molecule has 0 spiro atoms. The zero-order chi connectivity index (χ0) is 17.0. The molecule has 2 aromatic carbocycles. The molecular weight excluding hydrogens is 309 g/mol. The largest absolute Gasteiger partial charge is 0.416 e. The lowest BCUT2D eigenvalue weighted by Crippen LogP contribution is -2.14. The second kappa shape index (κ2) is 6.51. The van der Waals surface area contributed by atoms with Crippen molar-refractivity contribution in [2.75, 3.05) is 10.6 Å². The van der Waals surface area contributed by atoms with Crippen LogP contribution in [0, 0.1) is 6.92 Å². The maximum atomic E-state index is 12.7. The minimum atomic E-state index is -4.51. The Morgan fingerprint density at radius 1 is 1.13 bits per heavy atom. The van der Waals surface area contributed by atoms with Crippen LogP contribution in [-0.2, 0) is 11.0 Å². The molecule has 0 aliphatic carbocycles. The summed E-state index contributed by atoms with van der Waals surface area (Å²) in [5.74, 6) is -0.669. The monoisotopic (exact) mass is 322 g/mol. The van der Waals surface area contributed by atoms with Gasteiger partial charge >= 0.3 is 6.18 Å². The van der Waals surface area contributed by atoms with Gasteiger partial charge in [0.1, 0.15) is 0 Å². The number of nitrogens with one attached hydrogen (secondary N) is 2. The van der Waals surface area contributed by atoms with Crippen molar-refractivity contribution in [3.8, 4) is 0 Å². The third-order valence-corrected chi connectivity index (χ3v) is 3.16. The highest BCUT2D eigenvalue weighted by Crippen LogP contribution is 2.29. The first-order valence-corrected chi connectivity index (χ1v) is 6.60. The molecule has 0 aliphatic rings. The summed E-state index contributed by atoms with van der Waals surface area (Å²) in [4.78, 5) is 22.6. The fraction of sp³-hybridized carbons (Fsp3) is 0.125. The number of benzene rings is 2. The van der Waals surface area contributed by atoms with Gasteiger partial charge in [0, 0.05) is 16.9 Å². The average Bonchev–Trinajstić information content (AvgIpc) is 2.50. The van der Waals surface area contributed by atoms with Crippen LogP contribution in [-0.4, -0.2) is 12.3 Å². The highest BCUT2D eigenvalue weighted by Gasteiger charge is 2.30. The molecule has 2 N–H and O–H groups in total. The third-order valence-electron chi connectivity index (χ3n) is 3.16. The molecule has 2 aromatic rings. The molecule has 0 heterocycles. The van der Waals surface area contributed by atoms with E-state index in [1.807, 2.05) is 0 Å². The van der Waals surface area contributed by atoms with E-state index in [9.17, 15) is 22.8 Å². The lowest BCUT2D eigenvalue weighted by Gasteiger charge is -2.11. The van der Waals surface area contributed by atoms with Crippen molar-refractivity contribution in [2.45, 2.75) is 13.1 Å². The highest BCUT2D eigenvalue weighted by atomic mass is 19.4. The molecule has 7 heteroatoms. The number of hydrogen-bond donors (Lipinski definition) is 2. The predicted molar refractivity (Wildman–Crippen MR) is 80.3 cm³/mol. The van der Waals surface area contributed by atoms with Crippen molar-refractivity contribution in [1.29, 1.82) is 0 Å². The number of halogens is 3. The molecule has 0 saturated carbocycles. The van der Waals surface area contributed by atoms with E-state index in [0.29, 0.717) is 17.8 Å². The van der Waals surface area contributed by atoms with E-state index < -0.39 is 17.6 Å². The fourth-order valence-electron chi connectivity index (χ4n) is 1.96. The number of carbonyl (C=O) groups is 2. The minimum Gasteiger partial charge on any atom is -0.328 e. The van der Waals surface area contributed by atoms with E-state index in [1.165, 1.54) is 18.2 Å². The van der Waals surface area contributed by atoms with Gasteiger partial charge in [0.2, 0.25) is 6.41 Å². The Morgan fingerprint density at radius 2 is 1.87 bits per heavy atom. The molecule has 0 atom stereocenters. The van der Waals surface area contributed by atoms with E-state index >= 15 is 0 Å². The van der Waals surface area contributed by atoms with E-state index in [4.69, 9.17) is 0 Å². The van der Waals surface area contributed by atoms with Crippen molar-refractivity contribution >= 4 is 23.7 Å². The number of hydrogen-bond acceptors (Lipinski definition) is 2. The van der Waals surface area contributed by atoms with Crippen LogP contribution >= 0.6 is 0 Å². The van der Waals surface area contributed by atoms with Crippen LogP contribution in [0.2, 0.25) is 0 Å². The van der Waals surface area contributed by atoms with Crippen LogP contribution in [0.3, 0.4) is 0 Å². The van der Waals surface area contributed by atoms with Crippen molar-refractivity contribution in [3.63, 3.8) is 0 Å². The second-order valence-electron chi connectivity index (χ2n) is 4.82. The fourth-order valence-corrected chi connectivity index (χ4v) is 1.96. The van der Waals surface area contributed by atoms with Crippen LogP contribution in [0.25, 0.3) is 0 Å². The summed E-state index contributed by atoms with van der Waals surface area (Å²) < 4.78 is 38.0. The Morgan fingerprint density at radius 3 is 2.52 bits per heavy atom. The highest BCUT2D eigenvalue weighted by molar-refractivity contribution is 6.04. The van der Waals surface area contributed by atoms with E-state index in [1.54, 1.807) is 19.1 Å². The van der Waals surface area contributed by atoms with Gasteiger partial charge in [-0.2, -0.15) is 13.2 Å². The molecule has 0 aliphatic heterocycles. The smallest absolute Gasteiger partial charge is 0.328 e. The zero-order valence-corrected chi connectivity index (χ0v) is 12.1. The average molecular weight is 322 g/mol. The molecule has 2 amide bonds. The van der Waals surface area contributed by atoms with Gasteiger partial charge in [-0.05, 0) is 42.8 Å². The Bertz CT molecular complexity index is 742. The van der Waals surface area contributed by atoms with Crippen molar-refractivity contribution in [2.24, 2.45) is 0 Å². The van der Waals surface area contributed by atoms with Gasteiger partial charge in [-0.1, -0.05) is 12.1 Å². The Hall–Kier alpha value is -2.83. The molecule has 0 bridgehead atoms. The molecule has 23 heavy (non-hydrogen) atoms. The molecule has 2 rings (SSSR count). The van der Waals surface area contributed by atoms with Crippen molar-refractivity contribution in [3.05, 3.63) is 59.2 Å². The van der Waals surface area contributed by atoms with Crippen molar-refractivity contribution < 1.29 is 22.8 Å². The number of anilines is 2. The van der Waals surface area contributed by atoms with Crippen molar-refractivity contribution in [1.82, 2.24) is 0 Å². The van der Waals surface area contributed by atoms with Gasteiger partial charge in [0.05, 0.1) is 5.56 Å². The predicted octanol–water partition coefficient (Wildman–Crippen LogP) is 3.83. The molecule has 0 fully saturated rings. The molecular formula is C16H13F3N2O2. The molecule has 4 nitrogen and oxygen atoms in total. The third kappa shape index (κ3) is 4.09. The summed E-state index contributed by atoms with van der Waals surface area (Å²) in [5.41, 5.74) is 0.654. The maximum Gasteiger partial charge on any atom is 0.416 e. The zero-order valence-electron chi connectivity index (χ0n) is 12.1. The first kappa shape index (κ1) is 16.5. The molecule has 120 valence electrons. The summed E-state index contributed by atoms with van der Waals surface area (Å²) in [6.07, 6.45) is -4.01. The van der Waals surface area contributed by atoms with E-state index in [2.05, 4.69) is 10.6 Å². The lowest BCUT2D eigenvalue weighted by atomic mass is 10.1. The van der Waals surface area contributed by atoms with Gasteiger partial charge in [0.25, 0.3) is 5.91 Å². The summed E-state index contributed by atoms with van der Waals surface area (Å²) in [6.45, 7) is 1.77. The van der Waals surface area contributed by atoms with Crippen LogP contribution in [0.5, 0.6) is 0 Å². The Balaban J connectivity index is 2.22. The minimum absolute atomic E-state index is 0.106. The first-order valence-electron chi connectivity index (χ1n) is 6.60. The summed E-state index contributed by atoms with van der Waals surface area (Å²) in [6, 6.07) is 8.94. The van der Waals surface area contributed by atoms with E-state index in [0.717, 1.165) is 17.7 Å². The van der Waals surface area contributed by atoms with Crippen LogP contribution < -0.4 is 10.6 Å². The number of rotatable bonds is 4. The molecule has 0 radical (unpaired) electrons. The number of alkyl halides is 3. The maximum absolute atomic E-state index is 12.7. The lowest BCUT2D eigenvalue weighted by molar-refractivity contribution is -0.137.